The first-order valence-corrected chi connectivity index (χ1v) is 19.3. The number of anilines is 2. The summed E-state index contributed by atoms with van der Waals surface area (Å²) in [6, 6.07) is 24.2. The molecule has 1 heterocycles. The third-order valence-corrected chi connectivity index (χ3v) is 17.3. The summed E-state index contributed by atoms with van der Waals surface area (Å²) in [5, 5.41) is 0.242. The first-order chi connectivity index (χ1) is 17.5. The van der Waals surface area contributed by atoms with Crippen LogP contribution < -0.4 is 13.8 Å². The highest BCUT2D eigenvalue weighted by Gasteiger charge is 2.41. The molecule has 0 saturated carbocycles. The van der Waals surface area contributed by atoms with Gasteiger partial charge in [-0.1, -0.05) is 71.9 Å². The molecule has 1 atom stereocenters. The van der Waals surface area contributed by atoms with E-state index in [2.05, 4.69) is 73.8 Å². The van der Waals surface area contributed by atoms with Crippen LogP contribution in [0.2, 0.25) is 36.3 Å². The number of benzene rings is 3. The lowest BCUT2D eigenvalue weighted by molar-refractivity contribution is -0.117. The van der Waals surface area contributed by atoms with Crippen molar-refractivity contribution in [2.45, 2.75) is 83.7 Å². The molecule has 202 valence electrons. The Kier molecular flexibility index (Phi) is 7.21. The Bertz CT molecular complexity index is 1200. The molecule has 0 fully saturated rings. The van der Waals surface area contributed by atoms with E-state index in [1.807, 2.05) is 71.6 Å². The van der Waals surface area contributed by atoms with Gasteiger partial charge in [0.25, 0.3) is 0 Å². The molecule has 0 spiro atoms. The zero-order valence-electron chi connectivity index (χ0n) is 24.7. The Hall–Kier alpha value is -2.84. The second kappa shape index (κ2) is 9.72. The normalized spacial score (nSPS) is 16.4. The van der Waals surface area contributed by atoms with Gasteiger partial charge in [-0.05, 0) is 89.9 Å². The van der Waals surface area contributed by atoms with Gasteiger partial charge in [-0.3, -0.25) is 9.69 Å². The van der Waals surface area contributed by atoms with Crippen LogP contribution in [0.4, 0.5) is 11.4 Å². The van der Waals surface area contributed by atoms with Crippen molar-refractivity contribution in [3.8, 4) is 11.5 Å². The molecule has 0 aromatic heterocycles. The van der Waals surface area contributed by atoms with Gasteiger partial charge in [0.1, 0.15) is 11.5 Å². The van der Waals surface area contributed by atoms with Crippen LogP contribution in [0.15, 0.2) is 72.8 Å². The molecule has 0 saturated heterocycles. The first kappa shape index (κ1) is 28.2. The summed E-state index contributed by atoms with van der Waals surface area (Å²) in [5.41, 5.74) is 3.79. The third kappa shape index (κ3) is 5.34. The number of hydrogen-bond acceptors (Lipinski definition) is 3. The third-order valence-electron chi connectivity index (χ3n) is 8.62. The van der Waals surface area contributed by atoms with Gasteiger partial charge in [0, 0.05) is 5.69 Å². The Morgan fingerprint density at radius 2 is 1.11 bits per heavy atom. The molecular weight excluding hydrogens is 503 g/mol. The molecule has 1 amide bonds. The molecule has 0 N–H and O–H groups in total. The summed E-state index contributed by atoms with van der Waals surface area (Å²) in [7, 11) is -3.87. The van der Waals surface area contributed by atoms with Crippen molar-refractivity contribution in [3.05, 3.63) is 83.9 Å². The Balaban J connectivity index is 1.61. The maximum absolute atomic E-state index is 13.9. The number of carbonyl (C=O) groups excluding carboxylic acids is 1. The van der Waals surface area contributed by atoms with Crippen LogP contribution in [0.3, 0.4) is 0 Å². The van der Waals surface area contributed by atoms with E-state index >= 15 is 0 Å². The van der Waals surface area contributed by atoms with Crippen LogP contribution in [0.25, 0.3) is 0 Å². The molecule has 3 aromatic carbocycles. The van der Waals surface area contributed by atoms with Gasteiger partial charge < -0.3 is 8.85 Å². The van der Waals surface area contributed by atoms with Crippen molar-refractivity contribution >= 4 is 33.9 Å². The molecule has 38 heavy (non-hydrogen) atoms. The minimum Gasteiger partial charge on any atom is -0.544 e. The molecule has 0 aliphatic carbocycles. The fourth-order valence-corrected chi connectivity index (χ4v) is 6.25. The molecule has 0 radical (unpaired) electrons. The van der Waals surface area contributed by atoms with E-state index in [0.29, 0.717) is 0 Å². The largest absolute Gasteiger partial charge is 0.544 e. The number of carbonyl (C=O) groups is 1. The summed E-state index contributed by atoms with van der Waals surface area (Å²) in [6.45, 7) is 22.4. The lowest BCUT2D eigenvalue weighted by Gasteiger charge is -2.36. The van der Waals surface area contributed by atoms with Gasteiger partial charge in [0.05, 0.1) is 11.6 Å². The summed E-state index contributed by atoms with van der Waals surface area (Å²) in [4.78, 5) is 15.8. The predicted octanol–water partition coefficient (Wildman–Crippen LogP) is 9.26. The van der Waals surface area contributed by atoms with Gasteiger partial charge in [-0.15, -0.1) is 0 Å². The van der Waals surface area contributed by atoms with E-state index in [9.17, 15) is 4.79 Å². The molecule has 1 aliphatic rings. The average Bonchev–Trinajstić information content (AvgIpc) is 3.10. The van der Waals surface area contributed by atoms with E-state index in [-0.39, 0.29) is 21.9 Å². The molecular formula is C32H43NO3Si2. The Morgan fingerprint density at radius 3 is 1.58 bits per heavy atom. The number of hydrogen-bond donors (Lipinski definition) is 0. The number of amides is 1. The average molecular weight is 546 g/mol. The van der Waals surface area contributed by atoms with Crippen LogP contribution in [-0.4, -0.2) is 22.5 Å². The second-order valence-electron chi connectivity index (χ2n) is 13.5. The van der Waals surface area contributed by atoms with Gasteiger partial charge >= 0.3 is 0 Å². The van der Waals surface area contributed by atoms with Crippen molar-refractivity contribution in [2.24, 2.45) is 0 Å². The van der Waals surface area contributed by atoms with Gasteiger partial charge in [-0.25, -0.2) is 0 Å². The molecule has 4 rings (SSSR count). The molecule has 1 unspecified atom stereocenters. The fraction of sp³-hybridized carbons (Fsp3) is 0.406. The van der Waals surface area contributed by atoms with Crippen molar-refractivity contribution < 1.29 is 13.6 Å². The zero-order valence-corrected chi connectivity index (χ0v) is 26.7. The van der Waals surface area contributed by atoms with Gasteiger partial charge in [0.2, 0.25) is 22.5 Å². The quantitative estimate of drug-likeness (QED) is 0.290. The number of fused-ring (bicyclic) bond motifs is 1. The first-order valence-electron chi connectivity index (χ1n) is 13.5. The Labute approximate surface area is 231 Å². The van der Waals surface area contributed by atoms with Crippen molar-refractivity contribution in [3.63, 3.8) is 0 Å². The van der Waals surface area contributed by atoms with Crippen molar-refractivity contribution in [1.29, 1.82) is 0 Å². The predicted molar refractivity (Wildman–Crippen MR) is 164 cm³/mol. The van der Waals surface area contributed by atoms with Crippen LogP contribution in [0.5, 0.6) is 11.5 Å². The molecule has 1 aliphatic heterocycles. The minimum absolute atomic E-state index is 0.0577. The highest BCUT2D eigenvalue weighted by molar-refractivity contribution is 6.75. The summed E-state index contributed by atoms with van der Waals surface area (Å²) in [6.07, 6.45) is 0. The monoisotopic (exact) mass is 545 g/mol. The minimum atomic E-state index is -1.94. The van der Waals surface area contributed by atoms with Crippen LogP contribution in [0.1, 0.15) is 58.6 Å². The number of nitrogens with zero attached hydrogens (tertiary/aromatic N) is 1. The topological polar surface area (TPSA) is 38.8 Å². The van der Waals surface area contributed by atoms with E-state index in [1.165, 1.54) is 0 Å². The van der Waals surface area contributed by atoms with Crippen LogP contribution in [0, 0.1) is 0 Å². The summed E-state index contributed by atoms with van der Waals surface area (Å²) < 4.78 is 12.9. The van der Waals surface area contributed by atoms with E-state index in [1.54, 1.807) is 0 Å². The lowest BCUT2D eigenvalue weighted by Crippen LogP contribution is -2.43. The lowest BCUT2D eigenvalue weighted by atomic mass is 9.92. The standard InChI is InChI=1S/C32H43NO3Si2/c1-31(2,3)37(7,8)35-25-19-15-23(16-20-25)29-27-13-11-12-14-28(27)33(30(29)34)24-17-21-26(22-18-24)36-38(9,10)32(4,5)6/h11-22,29H,1-10H3. The molecule has 4 nitrogen and oxygen atoms in total. The molecule has 6 heteroatoms. The fourth-order valence-electron chi connectivity index (χ4n) is 4.19. The number of rotatable bonds is 6. The highest BCUT2D eigenvalue weighted by atomic mass is 28.4. The van der Waals surface area contributed by atoms with Gasteiger partial charge in [0.15, 0.2) is 0 Å². The van der Waals surface area contributed by atoms with E-state index in [4.69, 9.17) is 8.85 Å². The second-order valence-corrected chi connectivity index (χ2v) is 22.9. The van der Waals surface area contributed by atoms with Crippen molar-refractivity contribution in [1.82, 2.24) is 0 Å². The van der Waals surface area contributed by atoms with Crippen LogP contribution >= 0.6 is 0 Å². The van der Waals surface area contributed by atoms with Crippen molar-refractivity contribution in [2.75, 3.05) is 4.90 Å². The van der Waals surface area contributed by atoms with E-state index in [0.717, 1.165) is 34.0 Å². The SMILES string of the molecule is CC(C)(C)[Si](C)(C)Oc1ccc(C2C(=O)N(c3ccc(O[Si](C)(C)C(C)(C)C)cc3)c3ccccc32)cc1. The zero-order chi connectivity index (χ0) is 28.1. The Morgan fingerprint density at radius 1 is 0.658 bits per heavy atom. The van der Waals surface area contributed by atoms with E-state index < -0.39 is 16.6 Å². The van der Waals surface area contributed by atoms with Crippen LogP contribution in [-0.2, 0) is 4.79 Å². The molecule has 3 aromatic rings. The smallest absolute Gasteiger partial charge is 0.250 e. The highest BCUT2D eigenvalue weighted by Crippen LogP contribution is 2.46. The maximum Gasteiger partial charge on any atom is 0.250 e. The maximum atomic E-state index is 13.9. The summed E-state index contributed by atoms with van der Waals surface area (Å²) in [5.74, 6) is 1.43. The van der Waals surface area contributed by atoms with Gasteiger partial charge in [-0.2, -0.15) is 0 Å². The molecule has 0 bridgehead atoms. The summed E-state index contributed by atoms with van der Waals surface area (Å²) >= 11 is 0. The number of para-hydroxylation sites is 1.